The fourth-order valence-electron chi connectivity index (χ4n) is 1.79. The standard InChI is InChI=1S/C13H19BrO2/c1-10(9-16-2)12(8-15)7-11-5-3-4-6-13(11)14/h3-6,10,12,15H,7-9H2,1-2H3. The van der Waals surface area contributed by atoms with Crippen molar-refractivity contribution in [1.82, 2.24) is 0 Å². The van der Waals surface area contributed by atoms with Crippen molar-refractivity contribution in [2.75, 3.05) is 20.3 Å². The van der Waals surface area contributed by atoms with E-state index in [-0.39, 0.29) is 12.5 Å². The second kappa shape index (κ2) is 7.05. The van der Waals surface area contributed by atoms with Crippen LogP contribution in [-0.2, 0) is 11.2 Å². The van der Waals surface area contributed by atoms with Gasteiger partial charge in [0, 0.05) is 24.8 Å². The molecule has 2 unspecified atom stereocenters. The van der Waals surface area contributed by atoms with Crippen LogP contribution in [-0.4, -0.2) is 25.4 Å². The van der Waals surface area contributed by atoms with Crippen LogP contribution in [0.1, 0.15) is 12.5 Å². The van der Waals surface area contributed by atoms with Gasteiger partial charge in [-0.15, -0.1) is 0 Å². The molecule has 1 rings (SSSR count). The number of benzene rings is 1. The number of ether oxygens (including phenoxy) is 1. The predicted molar refractivity (Wildman–Crippen MR) is 69.5 cm³/mol. The molecule has 90 valence electrons. The summed E-state index contributed by atoms with van der Waals surface area (Å²) < 4.78 is 6.24. The first-order valence-corrected chi connectivity index (χ1v) is 6.31. The molecule has 0 heterocycles. The number of hydrogen-bond acceptors (Lipinski definition) is 2. The lowest BCUT2D eigenvalue weighted by molar-refractivity contribution is 0.0983. The minimum Gasteiger partial charge on any atom is -0.396 e. The SMILES string of the molecule is COCC(C)C(CO)Cc1ccccc1Br. The molecule has 0 fully saturated rings. The van der Waals surface area contributed by atoms with Gasteiger partial charge in [0.15, 0.2) is 0 Å². The molecule has 0 saturated carbocycles. The lowest BCUT2D eigenvalue weighted by Crippen LogP contribution is -2.22. The second-order valence-electron chi connectivity index (χ2n) is 4.17. The zero-order valence-electron chi connectivity index (χ0n) is 9.82. The summed E-state index contributed by atoms with van der Waals surface area (Å²) in [5.41, 5.74) is 1.24. The smallest absolute Gasteiger partial charge is 0.0491 e. The molecule has 1 aromatic rings. The van der Waals surface area contributed by atoms with Gasteiger partial charge in [0.25, 0.3) is 0 Å². The quantitative estimate of drug-likeness (QED) is 0.871. The maximum absolute atomic E-state index is 9.40. The molecule has 0 aliphatic carbocycles. The van der Waals surface area contributed by atoms with Crippen LogP contribution in [0.5, 0.6) is 0 Å². The van der Waals surface area contributed by atoms with Crippen molar-refractivity contribution in [2.24, 2.45) is 11.8 Å². The van der Waals surface area contributed by atoms with E-state index in [4.69, 9.17) is 4.74 Å². The van der Waals surface area contributed by atoms with Crippen molar-refractivity contribution < 1.29 is 9.84 Å². The summed E-state index contributed by atoms with van der Waals surface area (Å²) >= 11 is 3.53. The van der Waals surface area contributed by atoms with E-state index in [0.717, 1.165) is 10.9 Å². The molecular weight excluding hydrogens is 268 g/mol. The van der Waals surface area contributed by atoms with Crippen molar-refractivity contribution in [3.8, 4) is 0 Å². The van der Waals surface area contributed by atoms with Gasteiger partial charge in [-0.2, -0.15) is 0 Å². The molecule has 3 heteroatoms. The van der Waals surface area contributed by atoms with Gasteiger partial charge >= 0.3 is 0 Å². The molecule has 16 heavy (non-hydrogen) atoms. The summed E-state index contributed by atoms with van der Waals surface area (Å²) in [5, 5.41) is 9.40. The molecule has 0 saturated heterocycles. The van der Waals surface area contributed by atoms with Crippen LogP contribution in [0.3, 0.4) is 0 Å². The Hall–Kier alpha value is -0.380. The minimum absolute atomic E-state index is 0.200. The average Bonchev–Trinajstić information content (AvgIpc) is 2.28. The first kappa shape index (κ1) is 13.7. The summed E-state index contributed by atoms with van der Waals surface area (Å²) in [4.78, 5) is 0. The second-order valence-corrected chi connectivity index (χ2v) is 5.03. The van der Waals surface area contributed by atoms with E-state index in [1.54, 1.807) is 7.11 Å². The van der Waals surface area contributed by atoms with E-state index in [0.29, 0.717) is 12.5 Å². The van der Waals surface area contributed by atoms with Gasteiger partial charge in [0.2, 0.25) is 0 Å². The summed E-state index contributed by atoms with van der Waals surface area (Å²) in [7, 11) is 1.70. The molecule has 0 aliphatic heterocycles. The zero-order valence-corrected chi connectivity index (χ0v) is 11.4. The van der Waals surface area contributed by atoms with Crippen LogP contribution >= 0.6 is 15.9 Å². The molecule has 2 atom stereocenters. The monoisotopic (exact) mass is 286 g/mol. The van der Waals surface area contributed by atoms with Gasteiger partial charge < -0.3 is 9.84 Å². The molecule has 0 spiro atoms. The lowest BCUT2D eigenvalue weighted by Gasteiger charge is -2.21. The highest BCUT2D eigenvalue weighted by atomic mass is 79.9. The Morgan fingerprint density at radius 3 is 2.62 bits per heavy atom. The van der Waals surface area contributed by atoms with Gasteiger partial charge in [-0.1, -0.05) is 41.1 Å². The van der Waals surface area contributed by atoms with Crippen LogP contribution in [0.4, 0.5) is 0 Å². The van der Waals surface area contributed by atoms with Crippen molar-refractivity contribution in [3.63, 3.8) is 0 Å². The van der Waals surface area contributed by atoms with E-state index in [1.807, 2.05) is 18.2 Å². The zero-order chi connectivity index (χ0) is 12.0. The minimum atomic E-state index is 0.200. The number of rotatable bonds is 6. The Morgan fingerprint density at radius 1 is 1.38 bits per heavy atom. The highest BCUT2D eigenvalue weighted by Crippen LogP contribution is 2.23. The van der Waals surface area contributed by atoms with Crippen molar-refractivity contribution in [2.45, 2.75) is 13.3 Å². The van der Waals surface area contributed by atoms with Crippen LogP contribution in [0.25, 0.3) is 0 Å². The van der Waals surface area contributed by atoms with Crippen LogP contribution in [0, 0.1) is 11.8 Å². The maximum Gasteiger partial charge on any atom is 0.0491 e. The van der Waals surface area contributed by atoms with Crippen molar-refractivity contribution >= 4 is 15.9 Å². The first-order valence-electron chi connectivity index (χ1n) is 5.52. The molecule has 1 N–H and O–H groups in total. The molecule has 0 radical (unpaired) electrons. The first-order chi connectivity index (χ1) is 7.69. The van der Waals surface area contributed by atoms with E-state index in [9.17, 15) is 5.11 Å². The largest absolute Gasteiger partial charge is 0.396 e. The lowest BCUT2D eigenvalue weighted by atomic mass is 9.89. The number of aliphatic hydroxyl groups excluding tert-OH is 1. The molecule has 0 amide bonds. The fourth-order valence-corrected chi connectivity index (χ4v) is 2.24. The molecule has 0 aromatic heterocycles. The van der Waals surface area contributed by atoms with Crippen LogP contribution in [0.15, 0.2) is 28.7 Å². The molecule has 2 nitrogen and oxygen atoms in total. The van der Waals surface area contributed by atoms with E-state index >= 15 is 0 Å². The molecule has 0 bridgehead atoms. The Balaban J connectivity index is 2.66. The van der Waals surface area contributed by atoms with Gasteiger partial charge in [-0.3, -0.25) is 0 Å². The van der Waals surface area contributed by atoms with Crippen molar-refractivity contribution in [3.05, 3.63) is 34.3 Å². The highest BCUT2D eigenvalue weighted by Gasteiger charge is 2.17. The molecule has 1 aromatic carbocycles. The van der Waals surface area contributed by atoms with Gasteiger partial charge in [-0.25, -0.2) is 0 Å². The summed E-state index contributed by atoms with van der Waals surface area (Å²) in [6.07, 6.45) is 0.877. The van der Waals surface area contributed by atoms with Gasteiger partial charge in [-0.05, 0) is 29.9 Å². The maximum atomic E-state index is 9.40. The van der Waals surface area contributed by atoms with Crippen LogP contribution in [0.2, 0.25) is 0 Å². The van der Waals surface area contributed by atoms with Crippen LogP contribution < -0.4 is 0 Å². The number of methoxy groups -OCH3 is 1. The number of halogens is 1. The third-order valence-corrected chi connectivity index (χ3v) is 3.68. The third-order valence-electron chi connectivity index (χ3n) is 2.91. The summed E-state index contributed by atoms with van der Waals surface area (Å²) in [5.74, 6) is 0.612. The Bertz CT molecular complexity index is 315. The Labute approximate surface area is 106 Å². The predicted octanol–water partition coefficient (Wildman–Crippen LogP) is 2.88. The van der Waals surface area contributed by atoms with Crippen molar-refractivity contribution in [1.29, 1.82) is 0 Å². The summed E-state index contributed by atoms with van der Waals surface area (Å²) in [6, 6.07) is 8.15. The molecular formula is C13H19BrO2. The fraction of sp³-hybridized carbons (Fsp3) is 0.538. The van der Waals surface area contributed by atoms with E-state index < -0.39 is 0 Å². The normalized spacial score (nSPS) is 14.8. The number of hydrogen-bond donors (Lipinski definition) is 1. The van der Waals surface area contributed by atoms with Gasteiger partial charge in [0.1, 0.15) is 0 Å². The average molecular weight is 287 g/mol. The molecule has 0 aliphatic rings. The number of aliphatic hydroxyl groups is 1. The highest BCUT2D eigenvalue weighted by molar-refractivity contribution is 9.10. The van der Waals surface area contributed by atoms with E-state index in [1.165, 1.54) is 5.56 Å². The Kier molecular flexibility index (Phi) is 6.03. The third kappa shape index (κ3) is 3.89. The van der Waals surface area contributed by atoms with Gasteiger partial charge in [0.05, 0.1) is 0 Å². The summed E-state index contributed by atoms with van der Waals surface area (Å²) in [6.45, 7) is 3.00. The Morgan fingerprint density at radius 2 is 2.06 bits per heavy atom. The van der Waals surface area contributed by atoms with E-state index in [2.05, 4.69) is 28.9 Å². The topological polar surface area (TPSA) is 29.5 Å².